The van der Waals surface area contributed by atoms with Gasteiger partial charge in [-0.15, -0.1) is 0 Å². The van der Waals surface area contributed by atoms with E-state index >= 15 is 4.39 Å². The summed E-state index contributed by atoms with van der Waals surface area (Å²) < 4.78 is 32.1. The van der Waals surface area contributed by atoms with Crippen molar-refractivity contribution in [3.05, 3.63) is 106 Å². The minimum absolute atomic E-state index is 0.171. The van der Waals surface area contributed by atoms with E-state index in [1.165, 1.54) is 32.1 Å². The largest absolute Gasteiger partial charge is 0.497 e. The number of benzene rings is 2. The second kappa shape index (κ2) is 11.5. The second-order valence-electron chi connectivity index (χ2n) is 8.13. The number of nitrogens with one attached hydrogen (secondary N) is 2. The molecule has 0 saturated carbocycles. The molecule has 0 aliphatic heterocycles. The quantitative estimate of drug-likeness (QED) is 0.318. The summed E-state index contributed by atoms with van der Waals surface area (Å²) in [5.41, 5.74) is 1.46. The van der Waals surface area contributed by atoms with Crippen LogP contribution >= 0.6 is 0 Å². The molecule has 0 fully saturated rings. The Morgan fingerprint density at radius 2 is 1.92 bits per heavy atom. The van der Waals surface area contributed by atoms with Crippen molar-refractivity contribution in [1.29, 1.82) is 0 Å². The molecule has 9 nitrogen and oxygen atoms in total. The number of para-hydroxylation sites is 2. The van der Waals surface area contributed by atoms with E-state index in [0.29, 0.717) is 17.2 Å². The number of hydrogen-bond donors (Lipinski definition) is 2. The van der Waals surface area contributed by atoms with Crippen molar-refractivity contribution < 1.29 is 23.4 Å². The SMILES string of the molecule is COC(=O)Cc1[nH]n(-c2ccccc2OC)c(=O)c1C(NCc1cccnc1)c1ccc(OC)cc1F. The molecular formula is C27H27FN4O5. The van der Waals surface area contributed by atoms with Gasteiger partial charge in [-0.05, 0) is 29.8 Å². The number of pyridine rings is 1. The van der Waals surface area contributed by atoms with Crippen LogP contribution in [0.2, 0.25) is 0 Å². The van der Waals surface area contributed by atoms with Crippen molar-refractivity contribution in [3.8, 4) is 17.2 Å². The third-order valence-corrected chi connectivity index (χ3v) is 5.92. The summed E-state index contributed by atoms with van der Waals surface area (Å²) >= 11 is 0. The van der Waals surface area contributed by atoms with Crippen LogP contribution in [0.5, 0.6) is 11.5 Å². The first-order chi connectivity index (χ1) is 18.0. The number of ether oxygens (including phenoxy) is 3. The molecule has 2 heterocycles. The number of esters is 1. The van der Waals surface area contributed by atoms with E-state index in [0.717, 1.165) is 5.56 Å². The highest BCUT2D eigenvalue weighted by molar-refractivity contribution is 5.72. The molecule has 10 heteroatoms. The number of aromatic amines is 1. The number of hydrogen-bond acceptors (Lipinski definition) is 7. The lowest BCUT2D eigenvalue weighted by Crippen LogP contribution is -2.30. The molecule has 2 N–H and O–H groups in total. The summed E-state index contributed by atoms with van der Waals surface area (Å²) in [6.07, 6.45) is 3.09. The molecule has 2 aromatic heterocycles. The van der Waals surface area contributed by atoms with Gasteiger partial charge in [-0.2, -0.15) is 0 Å². The summed E-state index contributed by atoms with van der Waals surface area (Å²) in [5.74, 6) is -0.354. The van der Waals surface area contributed by atoms with E-state index in [-0.39, 0.29) is 29.8 Å². The van der Waals surface area contributed by atoms with Gasteiger partial charge in [0, 0.05) is 30.6 Å². The van der Waals surface area contributed by atoms with Crippen molar-refractivity contribution in [2.24, 2.45) is 0 Å². The Morgan fingerprint density at radius 3 is 2.59 bits per heavy atom. The van der Waals surface area contributed by atoms with Crippen LogP contribution in [0.3, 0.4) is 0 Å². The summed E-state index contributed by atoms with van der Waals surface area (Å²) in [7, 11) is 4.20. The van der Waals surface area contributed by atoms with Gasteiger partial charge in [0.2, 0.25) is 0 Å². The molecule has 0 spiro atoms. The number of rotatable bonds is 10. The van der Waals surface area contributed by atoms with Crippen molar-refractivity contribution in [2.75, 3.05) is 21.3 Å². The van der Waals surface area contributed by atoms with Crippen molar-refractivity contribution >= 4 is 5.97 Å². The molecule has 4 rings (SSSR count). The fourth-order valence-electron chi connectivity index (χ4n) is 4.09. The zero-order chi connectivity index (χ0) is 26.4. The molecule has 37 heavy (non-hydrogen) atoms. The Balaban J connectivity index is 1.90. The monoisotopic (exact) mass is 506 g/mol. The van der Waals surface area contributed by atoms with E-state index in [1.54, 1.807) is 54.9 Å². The van der Waals surface area contributed by atoms with Crippen LogP contribution in [0, 0.1) is 5.82 Å². The van der Waals surface area contributed by atoms with Crippen molar-refractivity contribution in [3.63, 3.8) is 0 Å². The summed E-state index contributed by atoms with van der Waals surface area (Å²) in [5, 5.41) is 6.30. The van der Waals surface area contributed by atoms with Gasteiger partial charge in [-0.3, -0.25) is 19.7 Å². The first-order valence-corrected chi connectivity index (χ1v) is 11.5. The molecule has 4 aromatic rings. The van der Waals surface area contributed by atoms with Crippen LogP contribution < -0.4 is 20.3 Å². The summed E-state index contributed by atoms with van der Waals surface area (Å²) in [6.45, 7) is 0.279. The van der Waals surface area contributed by atoms with Gasteiger partial charge in [0.25, 0.3) is 5.56 Å². The highest BCUT2D eigenvalue weighted by Crippen LogP contribution is 2.29. The second-order valence-corrected chi connectivity index (χ2v) is 8.13. The lowest BCUT2D eigenvalue weighted by atomic mass is 9.96. The molecule has 0 aliphatic carbocycles. The van der Waals surface area contributed by atoms with Crippen LogP contribution in [-0.4, -0.2) is 42.1 Å². The molecule has 0 saturated heterocycles. The van der Waals surface area contributed by atoms with Crippen molar-refractivity contribution in [1.82, 2.24) is 20.1 Å². The van der Waals surface area contributed by atoms with Crippen LogP contribution in [-0.2, 0) is 22.5 Å². The Bertz CT molecular complexity index is 1430. The average molecular weight is 507 g/mol. The highest BCUT2D eigenvalue weighted by atomic mass is 19.1. The molecule has 1 unspecified atom stereocenters. The van der Waals surface area contributed by atoms with E-state index in [2.05, 4.69) is 15.4 Å². The van der Waals surface area contributed by atoms with Crippen LogP contribution in [0.25, 0.3) is 5.69 Å². The fourth-order valence-corrected chi connectivity index (χ4v) is 4.09. The Hall–Kier alpha value is -4.44. The highest BCUT2D eigenvalue weighted by Gasteiger charge is 2.29. The minimum atomic E-state index is -0.925. The third kappa shape index (κ3) is 5.54. The third-order valence-electron chi connectivity index (χ3n) is 5.92. The lowest BCUT2D eigenvalue weighted by molar-refractivity contribution is -0.139. The maximum atomic E-state index is 15.4. The minimum Gasteiger partial charge on any atom is -0.497 e. The Morgan fingerprint density at radius 1 is 1.11 bits per heavy atom. The van der Waals surface area contributed by atoms with Crippen LogP contribution in [0.15, 0.2) is 71.8 Å². The smallest absolute Gasteiger partial charge is 0.311 e. The van der Waals surface area contributed by atoms with Crippen molar-refractivity contribution in [2.45, 2.75) is 19.0 Å². The topological polar surface area (TPSA) is 107 Å². The Labute approximate surface area is 212 Å². The number of nitrogens with zero attached hydrogens (tertiary/aromatic N) is 2. The average Bonchev–Trinajstić information content (AvgIpc) is 3.24. The van der Waals surface area contributed by atoms with Gasteiger partial charge in [0.1, 0.15) is 23.0 Å². The van der Waals surface area contributed by atoms with Gasteiger partial charge in [-0.25, -0.2) is 9.07 Å². The summed E-state index contributed by atoms with van der Waals surface area (Å²) in [4.78, 5) is 30.3. The molecular weight excluding hydrogens is 479 g/mol. The standard InChI is InChI=1S/C27H27FN4O5/c1-35-18-10-11-19(20(28)13-18)26(30-16-17-7-6-12-29-15-17)25-21(14-24(33)37-3)31-32(27(25)34)22-8-4-5-9-23(22)36-2/h4-13,15,26,30-31H,14,16H2,1-3H3. The van der Waals surface area contributed by atoms with Gasteiger partial charge in [0.05, 0.1) is 45.0 Å². The molecule has 0 radical (unpaired) electrons. The molecule has 192 valence electrons. The molecule has 1 atom stereocenters. The first-order valence-electron chi connectivity index (χ1n) is 11.5. The molecule has 0 bridgehead atoms. The molecule has 0 amide bonds. The predicted octanol–water partition coefficient (Wildman–Crippen LogP) is 3.31. The fraction of sp³-hybridized carbons (Fsp3) is 0.222. The number of H-pyrrole nitrogens is 1. The molecule has 2 aromatic carbocycles. The first kappa shape index (κ1) is 25.6. The zero-order valence-electron chi connectivity index (χ0n) is 20.7. The van der Waals surface area contributed by atoms with E-state index in [4.69, 9.17) is 14.2 Å². The number of aromatic nitrogens is 3. The van der Waals surface area contributed by atoms with E-state index in [9.17, 15) is 9.59 Å². The van der Waals surface area contributed by atoms with Crippen LogP contribution in [0.1, 0.15) is 28.4 Å². The van der Waals surface area contributed by atoms with Gasteiger partial charge >= 0.3 is 5.97 Å². The van der Waals surface area contributed by atoms with E-state index < -0.39 is 23.4 Å². The maximum Gasteiger partial charge on any atom is 0.311 e. The number of carbonyl (C=O) groups is 1. The summed E-state index contributed by atoms with van der Waals surface area (Å²) in [6, 6.07) is 14.1. The molecule has 0 aliphatic rings. The van der Waals surface area contributed by atoms with Gasteiger partial charge in [0.15, 0.2) is 0 Å². The van der Waals surface area contributed by atoms with Crippen LogP contribution in [0.4, 0.5) is 4.39 Å². The Kier molecular flexibility index (Phi) is 7.99. The number of carbonyl (C=O) groups excluding carboxylic acids is 1. The predicted molar refractivity (Wildman–Crippen MR) is 135 cm³/mol. The lowest BCUT2D eigenvalue weighted by Gasteiger charge is -2.20. The number of halogens is 1. The van der Waals surface area contributed by atoms with Gasteiger partial charge < -0.3 is 19.5 Å². The normalized spacial score (nSPS) is 11.7. The zero-order valence-corrected chi connectivity index (χ0v) is 20.7. The number of methoxy groups -OCH3 is 3. The van der Waals surface area contributed by atoms with E-state index in [1.807, 2.05) is 6.07 Å². The van der Waals surface area contributed by atoms with Gasteiger partial charge in [-0.1, -0.05) is 24.3 Å². The maximum absolute atomic E-state index is 15.4.